The van der Waals surface area contributed by atoms with Gasteiger partial charge in [0.1, 0.15) is 12.1 Å². The van der Waals surface area contributed by atoms with Gasteiger partial charge in [-0.25, -0.2) is 4.98 Å². The van der Waals surface area contributed by atoms with Gasteiger partial charge in [0.2, 0.25) is 0 Å². The third-order valence-electron chi connectivity index (χ3n) is 2.27. The van der Waals surface area contributed by atoms with E-state index in [9.17, 15) is 4.79 Å². The molecule has 2 heterocycles. The number of carbonyl (C=O) groups is 1. The fourth-order valence-electron chi connectivity index (χ4n) is 1.43. The Morgan fingerprint density at radius 1 is 1.44 bits per heavy atom. The number of aromatic nitrogens is 2. The van der Waals surface area contributed by atoms with Gasteiger partial charge in [-0.1, -0.05) is 12.1 Å². The Kier molecular flexibility index (Phi) is 3.90. The van der Waals surface area contributed by atoms with Crippen LogP contribution in [0.15, 0.2) is 35.2 Å². The standard InChI is InChI=1S/C12H14N4O2/c1-2-6-13-11-9(4-3-7-14-11)12(17)15-10-5-8-18-16-10/h3-5,7-8H,2,6H2,1H3,(H,13,14)(H,15,16,17). The van der Waals surface area contributed by atoms with Crippen LogP contribution >= 0.6 is 0 Å². The molecule has 6 nitrogen and oxygen atoms in total. The molecule has 2 aromatic heterocycles. The largest absolute Gasteiger partial charge is 0.369 e. The van der Waals surface area contributed by atoms with Crippen LogP contribution in [0.3, 0.4) is 0 Å². The monoisotopic (exact) mass is 246 g/mol. The number of hydrogen-bond donors (Lipinski definition) is 2. The average molecular weight is 246 g/mol. The van der Waals surface area contributed by atoms with Crippen molar-refractivity contribution in [3.63, 3.8) is 0 Å². The Balaban J connectivity index is 2.13. The molecule has 0 saturated heterocycles. The Hall–Kier alpha value is -2.37. The first-order valence-electron chi connectivity index (χ1n) is 5.72. The van der Waals surface area contributed by atoms with Gasteiger partial charge in [-0.2, -0.15) is 0 Å². The third kappa shape index (κ3) is 2.85. The van der Waals surface area contributed by atoms with Crippen molar-refractivity contribution in [2.45, 2.75) is 13.3 Å². The van der Waals surface area contributed by atoms with Crippen LogP contribution in [-0.4, -0.2) is 22.6 Å². The average Bonchev–Trinajstić information content (AvgIpc) is 2.89. The minimum absolute atomic E-state index is 0.268. The highest BCUT2D eigenvalue weighted by molar-refractivity contribution is 6.06. The predicted molar refractivity (Wildman–Crippen MR) is 67.5 cm³/mol. The highest BCUT2D eigenvalue weighted by Crippen LogP contribution is 2.13. The molecule has 2 rings (SSSR count). The number of pyridine rings is 1. The van der Waals surface area contributed by atoms with Crippen molar-refractivity contribution in [3.8, 4) is 0 Å². The summed E-state index contributed by atoms with van der Waals surface area (Å²) in [4.78, 5) is 16.2. The van der Waals surface area contributed by atoms with E-state index >= 15 is 0 Å². The number of nitrogens with one attached hydrogen (secondary N) is 2. The normalized spacial score (nSPS) is 10.1. The SMILES string of the molecule is CCCNc1ncccc1C(=O)Nc1ccon1. The van der Waals surface area contributed by atoms with Crippen LogP contribution in [0.5, 0.6) is 0 Å². The molecule has 1 amide bonds. The highest BCUT2D eigenvalue weighted by Gasteiger charge is 2.12. The molecular weight excluding hydrogens is 232 g/mol. The molecule has 0 fully saturated rings. The molecule has 2 N–H and O–H groups in total. The number of hydrogen-bond acceptors (Lipinski definition) is 5. The number of amides is 1. The van der Waals surface area contributed by atoms with Gasteiger partial charge in [-0.05, 0) is 18.6 Å². The summed E-state index contributed by atoms with van der Waals surface area (Å²) < 4.78 is 4.65. The van der Waals surface area contributed by atoms with Crippen LogP contribution in [-0.2, 0) is 0 Å². The van der Waals surface area contributed by atoms with E-state index in [1.54, 1.807) is 24.4 Å². The van der Waals surface area contributed by atoms with Crippen LogP contribution in [0.2, 0.25) is 0 Å². The molecule has 94 valence electrons. The quantitative estimate of drug-likeness (QED) is 0.844. The maximum absolute atomic E-state index is 12.0. The summed E-state index contributed by atoms with van der Waals surface area (Å²) in [6.45, 7) is 2.81. The first-order valence-corrected chi connectivity index (χ1v) is 5.72. The number of rotatable bonds is 5. The van der Waals surface area contributed by atoms with Gasteiger partial charge in [0.05, 0.1) is 5.56 Å². The zero-order chi connectivity index (χ0) is 12.8. The Labute approximate surface area is 104 Å². The zero-order valence-electron chi connectivity index (χ0n) is 10.0. The smallest absolute Gasteiger partial charge is 0.260 e. The molecule has 0 unspecified atom stereocenters. The van der Waals surface area contributed by atoms with E-state index < -0.39 is 0 Å². The molecule has 2 aromatic rings. The van der Waals surface area contributed by atoms with E-state index in [1.807, 2.05) is 6.92 Å². The van der Waals surface area contributed by atoms with Crippen molar-refractivity contribution in [2.75, 3.05) is 17.2 Å². The van der Waals surface area contributed by atoms with Crippen molar-refractivity contribution in [1.82, 2.24) is 10.1 Å². The summed E-state index contributed by atoms with van der Waals surface area (Å²) in [6.07, 6.45) is 4.00. The Bertz CT molecular complexity index is 511. The van der Waals surface area contributed by atoms with Crippen molar-refractivity contribution >= 4 is 17.5 Å². The van der Waals surface area contributed by atoms with Crippen molar-refractivity contribution in [1.29, 1.82) is 0 Å². The molecule has 0 saturated carbocycles. The van der Waals surface area contributed by atoms with Gasteiger partial charge in [-0.15, -0.1) is 0 Å². The zero-order valence-corrected chi connectivity index (χ0v) is 10.0. The summed E-state index contributed by atoms with van der Waals surface area (Å²) >= 11 is 0. The molecule has 0 aliphatic carbocycles. The molecule has 0 aromatic carbocycles. The molecule has 0 spiro atoms. The summed E-state index contributed by atoms with van der Waals surface area (Å²) in [5.74, 6) is 0.682. The highest BCUT2D eigenvalue weighted by atomic mass is 16.5. The summed E-state index contributed by atoms with van der Waals surface area (Å²) in [6, 6.07) is 5.00. The predicted octanol–water partition coefficient (Wildman–Crippen LogP) is 2.14. The molecule has 6 heteroatoms. The topological polar surface area (TPSA) is 80.0 Å². The number of anilines is 2. The fourth-order valence-corrected chi connectivity index (χ4v) is 1.43. The van der Waals surface area contributed by atoms with Crippen LogP contribution in [0.25, 0.3) is 0 Å². The van der Waals surface area contributed by atoms with Gasteiger partial charge < -0.3 is 15.2 Å². The van der Waals surface area contributed by atoms with Crippen LogP contribution in [0.4, 0.5) is 11.6 Å². The van der Waals surface area contributed by atoms with E-state index in [1.165, 1.54) is 6.26 Å². The maximum Gasteiger partial charge on any atom is 0.260 e. The van der Waals surface area contributed by atoms with Gasteiger partial charge in [0.15, 0.2) is 5.82 Å². The Morgan fingerprint density at radius 2 is 2.33 bits per heavy atom. The second kappa shape index (κ2) is 5.81. The fraction of sp³-hybridized carbons (Fsp3) is 0.250. The number of carbonyl (C=O) groups excluding carboxylic acids is 1. The van der Waals surface area contributed by atoms with Crippen molar-refractivity contribution in [2.24, 2.45) is 0 Å². The summed E-state index contributed by atoms with van der Waals surface area (Å²) in [7, 11) is 0. The molecule has 0 radical (unpaired) electrons. The van der Waals surface area contributed by atoms with E-state index in [2.05, 4.69) is 25.3 Å². The molecule has 0 atom stereocenters. The van der Waals surface area contributed by atoms with E-state index in [-0.39, 0.29) is 5.91 Å². The second-order valence-corrected chi connectivity index (χ2v) is 3.67. The minimum Gasteiger partial charge on any atom is -0.369 e. The lowest BCUT2D eigenvalue weighted by molar-refractivity contribution is 0.102. The van der Waals surface area contributed by atoms with Crippen LogP contribution < -0.4 is 10.6 Å². The summed E-state index contributed by atoms with van der Waals surface area (Å²) in [5.41, 5.74) is 0.481. The lowest BCUT2D eigenvalue weighted by Gasteiger charge is -2.09. The molecule has 18 heavy (non-hydrogen) atoms. The van der Waals surface area contributed by atoms with E-state index in [0.29, 0.717) is 17.2 Å². The van der Waals surface area contributed by atoms with Crippen LogP contribution in [0, 0.1) is 0 Å². The van der Waals surface area contributed by atoms with Gasteiger partial charge in [0, 0.05) is 18.8 Å². The van der Waals surface area contributed by atoms with Crippen molar-refractivity contribution < 1.29 is 9.32 Å². The summed E-state index contributed by atoms with van der Waals surface area (Å²) in [5, 5.41) is 9.36. The van der Waals surface area contributed by atoms with Crippen LogP contribution in [0.1, 0.15) is 23.7 Å². The van der Waals surface area contributed by atoms with E-state index in [0.717, 1.165) is 13.0 Å². The minimum atomic E-state index is -0.268. The lowest BCUT2D eigenvalue weighted by Crippen LogP contribution is -2.16. The molecule has 0 aliphatic heterocycles. The maximum atomic E-state index is 12.0. The van der Waals surface area contributed by atoms with Crippen molar-refractivity contribution in [3.05, 3.63) is 36.2 Å². The molecule has 0 bridgehead atoms. The third-order valence-corrected chi connectivity index (χ3v) is 2.27. The number of nitrogens with zero attached hydrogens (tertiary/aromatic N) is 2. The molecule has 0 aliphatic rings. The van der Waals surface area contributed by atoms with E-state index in [4.69, 9.17) is 0 Å². The second-order valence-electron chi connectivity index (χ2n) is 3.67. The first kappa shape index (κ1) is 12.1. The van der Waals surface area contributed by atoms with Gasteiger partial charge in [-0.3, -0.25) is 4.79 Å². The molecular formula is C12H14N4O2. The van der Waals surface area contributed by atoms with Gasteiger partial charge >= 0.3 is 0 Å². The first-order chi connectivity index (χ1) is 8.81. The van der Waals surface area contributed by atoms with Gasteiger partial charge in [0.25, 0.3) is 5.91 Å². The Morgan fingerprint density at radius 3 is 3.06 bits per heavy atom. The lowest BCUT2D eigenvalue weighted by atomic mass is 10.2.